The fourth-order valence-electron chi connectivity index (χ4n) is 4.72. The van der Waals surface area contributed by atoms with Gasteiger partial charge in [-0.2, -0.15) is 0 Å². The van der Waals surface area contributed by atoms with Gasteiger partial charge >= 0.3 is 0 Å². The molecule has 2 heterocycles. The summed E-state index contributed by atoms with van der Waals surface area (Å²) in [6.45, 7) is 6.36. The highest BCUT2D eigenvalue weighted by molar-refractivity contribution is 6.34. The van der Waals surface area contributed by atoms with Gasteiger partial charge in [-0.3, -0.25) is 0 Å². The van der Waals surface area contributed by atoms with Crippen LogP contribution in [0.3, 0.4) is 0 Å². The smallest absolute Gasteiger partial charge is 0.172 e. The Labute approximate surface area is 203 Å². The second-order valence-corrected chi connectivity index (χ2v) is 9.70. The number of benzene rings is 3. The molecule has 2 aliphatic heterocycles. The number of rotatable bonds is 2. The Balaban J connectivity index is 1.85. The predicted octanol–water partition coefficient (Wildman–Crippen LogP) is 7.87. The lowest BCUT2D eigenvalue weighted by molar-refractivity contribution is 0.371. The van der Waals surface area contributed by atoms with Crippen molar-refractivity contribution in [2.24, 2.45) is 0 Å². The van der Waals surface area contributed by atoms with Crippen LogP contribution in [0.2, 0.25) is 10.0 Å². The Bertz CT molecular complexity index is 1370. The number of phenols is 1. The maximum absolute atomic E-state index is 10.5. The topological polar surface area (TPSA) is 50.7 Å². The second kappa shape index (κ2) is 7.75. The largest absolute Gasteiger partial charge is 0.504 e. The number of hydrogen-bond acceptors (Lipinski definition) is 4. The molecule has 3 aromatic rings. The van der Waals surface area contributed by atoms with Crippen molar-refractivity contribution in [3.8, 4) is 28.4 Å². The van der Waals surface area contributed by atoms with Gasteiger partial charge in [0.05, 0.1) is 18.2 Å². The standard InChI is InChI=1S/C27H23Cl2NO3/c1-14-13-27(2,3)30-19-8-6-17-24(23(14)19)22(12-15-11-16(28)5-7-18(15)29)33-21-10-9-20(31)26(32-4)25(17)21/h5-13,30-31H,1-4H3/b22-12-. The molecule has 0 spiro atoms. The number of phenolic OH excluding ortho intramolecular Hbond substituents is 1. The van der Waals surface area contributed by atoms with Gasteiger partial charge in [0.15, 0.2) is 11.5 Å². The summed E-state index contributed by atoms with van der Waals surface area (Å²) in [4.78, 5) is 0. The second-order valence-electron chi connectivity index (χ2n) is 8.85. The van der Waals surface area contributed by atoms with E-state index in [-0.39, 0.29) is 11.3 Å². The van der Waals surface area contributed by atoms with Crippen molar-refractivity contribution in [3.05, 3.63) is 75.3 Å². The lowest BCUT2D eigenvalue weighted by atomic mass is 9.83. The molecule has 0 saturated heterocycles. The molecule has 6 heteroatoms. The normalized spacial score (nSPS) is 16.7. The van der Waals surface area contributed by atoms with Crippen LogP contribution in [0, 0.1) is 0 Å². The average molecular weight is 480 g/mol. The van der Waals surface area contributed by atoms with Gasteiger partial charge in [-0.15, -0.1) is 0 Å². The van der Waals surface area contributed by atoms with Crippen molar-refractivity contribution in [2.75, 3.05) is 12.4 Å². The third-order valence-corrected chi connectivity index (χ3v) is 6.50. The number of hydrogen-bond donors (Lipinski definition) is 2. The first-order valence-corrected chi connectivity index (χ1v) is 11.3. The molecule has 0 atom stereocenters. The van der Waals surface area contributed by atoms with Crippen LogP contribution in [0.5, 0.6) is 17.2 Å². The third kappa shape index (κ3) is 3.64. The first-order chi connectivity index (χ1) is 15.7. The van der Waals surface area contributed by atoms with Gasteiger partial charge in [0, 0.05) is 32.4 Å². The molecule has 0 unspecified atom stereocenters. The molecule has 0 saturated carbocycles. The van der Waals surface area contributed by atoms with Crippen LogP contribution in [0.15, 0.2) is 48.5 Å². The Morgan fingerprint density at radius 1 is 1.03 bits per heavy atom. The summed E-state index contributed by atoms with van der Waals surface area (Å²) in [5, 5.41) is 15.2. The zero-order chi connectivity index (χ0) is 23.5. The molecule has 0 aromatic heterocycles. The van der Waals surface area contributed by atoms with Crippen LogP contribution in [0.1, 0.15) is 37.5 Å². The van der Waals surface area contributed by atoms with E-state index in [0.717, 1.165) is 33.5 Å². The van der Waals surface area contributed by atoms with Gasteiger partial charge < -0.3 is 19.9 Å². The molecule has 4 nitrogen and oxygen atoms in total. The van der Waals surface area contributed by atoms with Gasteiger partial charge in [-0.05, 0) is 74.4 Å². The predicted molar refractivity (Wildman–Crippen MR) is 136 cm³/mol. The van der Waals surface area contributed by atoms with E-state index in [1.807, 2.05) is 18.2 Å². The van der Waals surface area contributed by atoms with Crippen molar-refractivity contribution in [3.63, 3.8) is 0 Å². The lowest BCUT2D eigenvalue weighted by Gasteiger charge is -2.35. The molecule has 2 N–H and O–H groups in total. The molecular weight excluding hydrogens is 457 g/mol. The lowest BCUT2D eigenvalue weighted by Crippen LogP contribution is -2.32. The van der Waals surface area contributed by atoms with Crippen LogP contribution in [0.25, 0.3) is 28.5 Å². The van der Waals surface area contributed by atoms with E-state index in [1.54, 1.807) is 31.4 Å². The summed E-state index contributed by atoms with van der Waals surface area (Å²) in [6.07, 6.45) is 4.11. The Kier molecular flexibility index (Phi) is 5.11. The van der Waals surface area contributed by atoms with Crippen LogP contribution in [-0.2, 0) is 0 Å². The minimum absolute atomic E-state index is 0.0559. The Morgan fingerprint density at radius 3 is 2.58 bits per heavy atom. The van der Waals surface area contributed by atoms with Gasteiger partial charge in [0.25, 0.3) is 0 Å². The number of halogens is 2. The maximum atomic E-state index is 10.5. The molecule has 0 bridgehead atoms. The first kappa shape index (κ1) is 21.7. The van der Waals surface area contributed by atoms with Gasteiger partial charge in [0.2, 0.25) is 0 Å². The van der Waals surface area contributed by atoms with Gasteiger partial charge in [0.1, 0.15) is 11.5 Å². The van der Waals surface area contributed by atoms with E-state index in [4.69, 9.17) is 32.7 Å². The zero-order valence-electron chi connectivity index (χ0n) is 18.7. The quantitative estimate of drug-likeness (QED) is 0.392. The number of aromatic hydroxyl groups is 1. The van der Waals surface area contributed by atoms with Crippen LogP contribution >= 0.6 is 23.2 Å². The molecule has 0 radical (unpaired) electrons. The molecular formula is C27H23Cl2NO3. The average Bonchev–Trinajstić information content (AvgIpc) is 2.75. The van der Waals surface area contributed by atoms with Crippen LogP contribution < -0.4 is 14.8 Å². The van der Waals surface area contributed by atoms with Gasteiger partial charge in [-0.1, -0.05) is 35.3 Å². The van der Waals surface area contributed by atoms with Crippen molar-refractivity contribution in [1.29, 1.82) is 0 Å². The maximum Gasteiger partial charge on any atom is 0.172 e. The number of anilines is 1. The monoisotopic (exact) mass is 479 g/mol. The number of fused-ring (bicyclic) bond motifs is 5. The van der Waals surface area contributed by atoms with Crippen molar-refractivity contribution >= 4 is 46.3 Å². The minimum atomic E-state index is -0.186. The summed E-state index contributed by atoms with van der Waals surface area (Å²) in [5.41, 5.74) is 6.25. The summed E-state index contributed by atoms with van der Waals surface area (Å²) in [7, 11) is 1.54. The first-order valence-electron chi connectivity index (χ1n) is 10.6. The van der Waals surface area contributed by atoms with Crippen LogP contribution in [-0.4, -0.2) is 17.8 Å². The van der Waals surface area contributed by atoms with Crippen molar-refractivity contribution in [2.45, 2.75) is 26.3 Å². The SMILES string of the molecule is COc1c(O)ccc2c1-c1ccc3c(c1/C(=C/c1cc(Cl)ccc1Cl)O2)C(C)=CC(C)(C)N3. The highest BCUT2D eigenvalue weighted by Gasteiger charge is 2.33. The molecule has 0 amide bonds. The number of allylic oxidation sites excluding steroid dienone is 1. The van der Waals surface area contributed by atoms with Crippen molar-refractivity contribution < 1.29 is 14.6 Å². The highest BCUT2D eigenvalue weighted by atomic mass is 35.5. The molecule has 0 fully saturated rings. The summed E-state index contributed by atoms with van der Waals surface area (Å²) in [5.74, 6) is 1.66. The minimum Gasteiger partial charge on any atom is -0.504 e. The molecule has 3 aromatic carbocycles. The van der Waals surface area contributed by atoms with E-state index in [9.17, 15) is 5.11 Å². The van der Waals surface area contributed by atoms with Crippen molar-refractivity contribution in [1.82, 2.24) is 0 Å². The zero-order valence-corrected chi connectivity index (χ0v) is 20.2. The number of methoxy groups -OCH3 is 1. The van der Waals surface area contributed by atoms with Crippen LogP contribution in [0.4, 0.5) is 5.69 Å². The Hall–Kier alpha value is -3.08. The van der Waals surface area contributed by atoms with Gasteiger partial charge in [-0.25, -0.2) is 0 Å². The van der Waals surface area contributed by atoms with E-state index in [0.29, 0.717) is 32.9 Å². The van der Waals surface area contributed by atoms with E-state index >= 15 is 0 Å². The summed E-state index contributed by atoms with van der Waals surface area (Å²) in [6, 6.07) is 12.7. The third-order valence-electron chi connectivity index (χ3n) is 5.92. The number of nitrogens with one attached hydrogen (secondary N) is 1. The Morgan fingerprint density at radius 2 is 1.82 bits per heavy atom. The molecule has 2 aliphatic rings. The van der Waals surface area contributed by atoms with E-state index in [1.165, 1.54) is 0 Å². The molecule has 33 heavy (non-hydrogen) atoms. The number of ether oxygens (including phenoxy) is 2. The molecule has 5 rings (SSSR count). The molecule has 0 aliphatic carbocycles. The fourth-order valence-corrected chi connectivity index (χ4v) is 5.07. The van der Waals surface area contributed by atoms with E-state index < -0.39 is 0 Å². The molecule has 168 valence electrons. The van der Waals surface area contributed by atoms with E-state index in [2.05, 4.69) is 38.2 Å². The summed E-state index contributed by atoms with van der Waals surface area (Å²) < 4.78 is 12.0. The summed E-state index contributed by atoms with van der Waals surface area (Å²) >= 11 is 12.7. The highest BCUT2D eigenvalue weighted by Crippen LogP contribution is 2.54. The fraction of sp³-hybridized carbons (Fsp3) is 0.185.